The summed E-state index contributed by atoms with van der Waals surface area (Å²) in [5.41, 5.74) is 0. The van der Waals surface area contributed by atoms with Gasteiger partial charge in [-0.15, -0.1) is 0 Å². The minimum absolute atomic E-state index is 0.292. The van der Waals surface area contributed by atoms with Gasteiger partial charge in [0.1, 0.15) is 20.9 Å². The van der Waals surface area contributed by atoms with Crippen LogP contribution in [0.15, 0.2) is 145 Å². The molecule has 2 heterocycles. The Balaban J connectivity index is 1.71. The lowest BCUT2D eigenvalue weighted by molar-refractivity contribution is 0.443. The highest BCUT2D eigenvalue weighted by molar-refractivity contribution is 8.36. The molecule has 0 radical (unpaired) electrons. The Bertz CT molecular complexity index is 1500. The number of aromatic nitrogens is 1. The molecule has 0 spiro atoms. The van der Waals surface area contributed by atoms with Crippen molar-refractivity contribution in [2.24, 2.45) is 0 Å². The van der Waals surface area contributed by atoms with E-state index in [1.54, 1.807) is 36.5 Å². The topological polar surface area (TPSA) is 65.5 Å². The maximum absolute atomic E-state index is 14.1. The Morgan fingerprint density at radius 2 is 1.36 bits per heavy atom. The Morgan fingerprint density at radius 3 is 2.00 bits per heavy atom. The molecule has 0 bridgehead atoms. The first kappa shape index (κ1) is 24.5. The molecule has 5 nitrogen and oxygen atoms in total. The predicted molar refractivity (Wildman–Crippen MR) is 147 cm³/mol. The molecule has 0 aliphatic carbocycles. The van der Waals surface area contributed by atoms with Gasteiger partial charge in [-0.2, -0.15) is 0 Å². The van der Waals surface area contributed by atoms with Crippen LogP contribution in [-0.4, -0.2) is 13.4 Å². The predicted octanol–water partition coefficient (Wildman–Crippen LogP) is 6.24. The third kappa shape index (κ3) is 5.44. The van der Waals surface area contributed by atoms with Gasteiger partial charge in [0.15, 0.2) is 10.2 Å². The first-order chi connectivity index (χ1) is 17.7. The molecular formula is C27H19NO4S4. The Labute approximate surface area is 221 Å². The number of rotatable bonds is 8. The molecule has 180 valence electrons. The Kier molecular flexibility index (Phi) is 7.92. The number of thioether (sulfide) groups is 1. The van der Waals surface area contributed by atoms with E-state index < -0.39 is 20.3 Å². The van der Waals surface area contributed by atoms with Crippen molar-refractivity contribution in [2.45, 2.75) is 9.79 Å². The quantitative estimate of drug-likeness (QED) is 0.259. The van der Waals surface area contributed by atoms with Crippen LogP contribution in [0.3, 0.4) is 0 Å². The average Bonchev–Trinajstić information content (AvgIpc) is 3.21. The molecule has 5 rings (SSSR count). The summed E-state index contributed by atoms with van der Waals surface area (Å²) in [5.74, 6) is 0.890. The summed E-state index contributed by atoms with van der Waals surface area (Å²) >= 11 is 1.40. The van der Waals surface area contributed by atoms with E-state index in [-0.39, 0.29) is 0 Å². The van der Waals surface area contributed by atoms with Crippen molar-refractivity contribution in [3.63, 3.8) is 0 Å². The highest BCUT2D eigenvalue weighted by atomic mass is 32.8. The molecule has 0 saturated heterocycles. The fourth-order valence-electron chi connectivity index (χ4n) is 3.28. The average molecular weight is 550 g/mol. The molecule has 0 amide bonds. The van der Waals surface area contributed by atoms with E-state index in [0.29, 0.717) is 46.7 Å². The van der Waals surface area contributed by atoms with Crippen LogP contribution in [0.25, 0.3) is 0 Å². The van der Waals surface area contributed by atoms with Gasteiger partial charge < -0.3 is 9.47 Å². The molecule has 1 aromatic heterocycles. The summed E-state index contributed by atoms with van der Waals surface area (Å²) in [4.78, 5) is 6.80. The molecule has 9 heteroatoms. The molecule has 0 fully saturated rings. The fraction of sp³-hybridized carbons (Fsp3) is 0. The second-order valence-electron chi connectivity index (χ2n) is 7.25. The van der Waals surface area contributed by atoms with Gasteiger partial charge in [0.25, 0.3) is 0 Å². The van der Waals surface area contributed by atoms with Crippen LogP contribution in [0.1, 0.15) is 0 Å². The summed E-state index contributed by atoms with van der Waals surface area (Å²) in [5, 5.41) is 0.709. The number of benzene rings is 3. The van der Waals surface area contributed by atoms with E-state index in [0.717, 1.165) is 4.90 Å². The number of hydrogen-bond acceptors (Lipinski definition) is 6. The van der Waals surface area contributed by atoms with Gasteiger partial charge in [-0.1, -0.05) is 72.4 Å². The molecular weight excluding hydrogens is 531 g/mol. The Hall–Kier alpha value is -3.24. The number of para-hydroxylation sites is 1. The number of nitrogens with zero attached hydrogens (tertiary/aromatic N) is 1. The molecule has 4 aromatic rings. The smallest absolute Gasteiger partial charge is 0.220 e. The van der Waals surface area contributed by atoms with E-state index >= 15 is 0 Å². The van der Waals surface area contributed by atoms with Crippen LogP contribution in [0.2, 0.25) is 0 Å². The molecule has 1 aliphatic rings. The van der Waals surface area contributed by atoms with Gasteiger partial charge in [-0.3, -0.25) is 0 Å². The van der Waals surface area contributed by atoms with Crippen molar-refractivity contribution < 1.29 is 17.9 Å². The Morgan fingerprint density at radius 1 is 0.722 bits per heavy atom. The number of ether oxygens (including phenoxy) is 2. The summed E-state index contributed by atoms with van der Waals surface area (Å²) < 4.78 is 39.2. The zero-order chi connectivity index (χ0) is 24.7. The molecule has 2 unspecified atom stereocenters. The molecule has 0 N–H and O–H groups in total. The van der Waals surface area contributed by atoms with Gasteiger partial charge in [0.2, 0.25) is 5.88 Å². The summed E-state index contributed by atoms with van der Waals surface area (Å²) in [6, 6.07) is 33.4. The lowest BCUT2D eigenvalue weighted by Crippen LogP contribution is -2.08. The second-order valence-corrected chi connectivity index (χ2v) is 12.6. The largest absolute Gasteiger partial charge is 0.448 e. The van der Waals surface area contributed by atoms with E-state index in [2.05, 4.69) is 4.98 Å². The highest BCUT2D eigenvalue weighted by Gasteiger charge is 2.38. The van der Waals surface area contributed by atoms with Gasteiger partial charge in [-0.05, 0) is 42.5 Å². The molecule has 1 aliphatic heterocycles. The van der Waals surface area contributed by atoms with Crippen LogP contribution < -0.4 is 9.47 Å². The van der Waals surface area contributed by atoms with Gasteiger partial charge >= 0.3 is 0 Å². The fourth-order valence-corrected chi connectivity index (χ4v) is 9.11. The SMILES string of the molecule is O=S=S1C(Oc2ccccc2)=C(Sc2ccccc2)C(S(=O)c2ccccc2)=C1Oc1ccccn1. The molecule has 3 aromatic carbocycles. The van der Waals surface area contributed by atoms with Gasteiger partial charge in [0, 0.05) is 31.5 Å². The first-order valence-corrected chi connectivity index (χ1v) is 15.2. The zero-order valence-corrected chi connectivity index (χ0v) is 21.9. The second kappa shape index (κ2) is 11.7. The zero-order valence-electron chi connectivity index (χ0n) is 18.7. The van der Waals surface area contributed by atoms with E-state index in [9.17, 15) is 8.42 Å². The van der Waals surface area contributed by atoms with Crippen molar-refractivity contribution in [3.8, 4) is 11.6 Å². The molecule has 2 atom stereocenters. The van der Waals surface area contributed by atoms with Crippen molar-refractivity contribution >= 4 is 42.2 Å². The summed E-state index contributed by atoms with van der Waals surface area (Å²) in [6.07, 6.45) is 1.61. The van der Waals surface area contributed by atoms with E-state index in [1.807, 2.05) is 78.9 Å². The number of hydrogen-bond donors (Lipinski definition) is 0. The van der Waals surface area contributed by atoms with Crippen molar-refractivity contribution in [1.29, 1.82) is 0 Å². The maximum Gasteiger partial charge on any atom is 0.220 e. The van der Waals surface area contributed by atoms with Crippen molar-refractivity contribution in [2.75, 3.05) is 0 Å². The van der Waals surface area contributed by atoms with Crippen LogP contribution in [0.5, 0.6) is 11.6 Å². The first-order valence-electron chi connectivity index (χ1n) is 10.8. The number of pyridine rings is 1. The monoisotopic (exact) mass is 549 g/mol. The van der Waals surface area contributed by atoms with Crippen LogP contribution in [0.4, 0.5) is 0 Å². The van der Waals surface area contributed by atoms with E-state index in [4.69, 9.17) is 9.47 Å². The van der Waals surface area contributed by atoms with Crippen molar-refractivity contribution in [1.82, 2.24) is 4.98 Å². The molecule has 0 saturated carbocycles. The normalized spacial score (nSPS) is 16.1. The van der Waals surface area contributed by atoms with Crippen LogP contribution >= 0.6 is 11.8 Å². The minimum Gasteiger partial charge on any atom is -0.448 e. The van der Waals surface area contributed by atoms with Gasteiger partial charge in [-0.25, -0.2) is 13.4 Å². The highest BCUT2D eigenvalue weighted by Crippen LogP contribution is 2.46. The molecule has 36 heavy (non-hydrogen) atoms. The van der Waals surface area contributed by atoms with E-state index in [1.165, 1.54) is 11.8 Å². The van der Waals surface area contributed by atoms with Crippen LogP contribution in [0, 0.1) is 0 Å². The lowest BCUT2D eigenvalue weighted by atomic mass is 10.3. The standard InChI is InChI=1S/C27H19NO4S4/c29-34-36-26(31-20-12-4-1-5-13-20)24(33-21-14-6-2-7-15-21)25(35(30)22-16-8-3-9-17-22)27(36)32-23-18-10-11-19-28-23/h1-19H. The summed E-state index contributed by atoms with van der Waals surface area (Å²) in [7, 11) is -2.51. The third-order valence-electron chi connectivity index (χ3n) is 4.88. The third-order valence-corrected chi connectivity index (χ3v) is 10.5. The minimum atomic E-state index is -1.64. The van der Waals surface area contributed by atoms with Crippen LogP contribution in [-0.2, 0) is 30.5 Å². The van der Waals surface area contributed by atoms with Crippen molar-refractivity contribution in [3.05, 3.63) is 135 Å². The maximum atomic E-state index is 14.1. The summed E-state index contributed by atoms with van der Waals surface area (Å²) in [6.45, 7) is 0. The van der Waals surface area contributed by atoms with Gasteiger partial charge in [0.05, 0.1) is 15.7 Å². The lowest BCUT2D eigenvalue weighted by Gasteiger charge is -2.11.